The molecule has 30 heavy (non-hydrogen) atoms. The summed E-state index contributed by atoms with van der Waals surface area (Å²) in [4.78, 5) is 16.1. The number of rotatable bonds is 9. The van der Waals surface area contributed by atoms with Crippen LogP contribution in [0.5, 0.6) is 5.06 Å². The van der Waals surface area contributed by atoms with Gasteiger partial charge in [-0.2, -0.15) is 0 Å². The number of carboxylic acid groups (broad SMARTS) is 1. The van der Waals surface area contributed by atoms with Gasteiger partial charge in [0, 0.05) is 28.1 Å². The Kier molecular flexibility index (Phi) is 8.31. The van der Waals surface area contributed by atoms with Gasteiger partial charge in [-0.15, -0.1) is 22.9 Å². The SMILES string of the molecule is CCCc1cc(/C=C/[C@@H]2[C@@H](CCCc3ccc(OC(=O)O)s3)[C@H](Cl)C[C@H]2O)ccn1. The van der Waals surface area contributed by atoms with Crippen molar-refractivity contribution in [3.05, 3.63) is 52.7 Å². The van der Waals surface area contributed by atoms with E-state index in [1.54, 1.807) is 6.07 Å². The van der Waals surface area contributed by atoms with Gasteiger partial charge in [0.15, 0.2) is 5.06 Å². The summed E-state index contributed by atoms with van der Waals surface area (Å²) in [6, 6.07) is 7.67. The summed E-state index contributed by atoms with van der Waals surface area (Å²) in [6.07, 6.45) is 9.59. The second kappa shape index (κ2) is 10.9. The molecule has 0 radical (unpaired) electrons. The first-order valence-electron chi connectivity index (χ1n) is 10.4. The maximum Gasteiger partial charge on any atom is 0.512 e. The van der Waals surface area contributed by atoms with Crippen LogP contribution in [0.3, 0.4) is 0 Å². The van der Waals surface area contributed by atoms with Gasteiger partial charge in [0.1, 0.15) is 0 Å². The van der Waals surface area contributed by atoms with E-state index in [2.05, 4.69) is 34.9 Å². The second-order valence-corrected chi connectivity index (χ2v) is 9.42. The minimum atomic E-state index is -1.29. The number of aryl methyl sites for hydroxylation is 2. The molecule has 1 aliphatic carbocycles. The van der Waals surface area contributed by atoms with Crippen molar-refractivity contribution in [2.45, 2.75) is 56.9 Å². The monoisotopic (exact) mass is 449 g/mol. The van der Waals surface area contributed by atoms with Crippen molar-refractivity contribution < 1.29 is 19.7 Å². The predicted molar refractivity (Wildman–Crippen MR) is 120 cm³/mol. The quantitative estimate of drug-likeness (QED) is 0.374. The Hall–Kier alpha value is -1.89. The molecule has 0 aliphatic heterocycles. The Labute approximate surface area is 186 Å². The summed E-state index contributed by atoms with van der Waals surface area (Å²) in [6.45, 7) is 2.14. The lowest BCUT2D eigenvalue weighted by Gasteiger charge is -2.20. The second-order valence-electron chi connectivity index (χ2n) is 7.73. The van der Waals surface area contributed by atoms with Crippen LogP contribution in [0.4, 0.5) is 4.79 Å². The molecule has 2 heterocycles. The molecule has 4 atom stereocenters. The van der Waals surface area contributed by atoms with E-state index in [0.29, 0.717) is 11.5 Å². The zero-order valence-corrected chi connectivity index (χ0v) is 18.6. The number of alkyl halides is 1. The minimum absolute atomic E-state index is 0.0320. The highest BCUT2D eigenvalue weighted by Gasteiger charge is 2.39. The van der Waals surface area contributed by atoms with Gasteiger partial charge in [0.25, 0.3) is 0 Å². The molecule has 0 saturated heterocycles. The van der Waals surface area contributed by atoms with E-state index < -0.39 is 12.3 Å². The van der Waals surface area contributed by atoms with Crippen molar-refractivity contribution in [2.24, 2.45) is 11.8 Å². The standard InChI is InChI=1S/C23H28ClNO4S/c1-2-4-16-13-15(11-12-25-16)7-9-19-18(20(24)14-21(19)26)6-3-5-17-8-10-22(30-17)29-23(27)28/h7-13,18-21,26H,2-6,14H2,1H3,(H,27,28)/b9-7+/t18-,19-,20-,21-/m1/s1. The molecule has 0 amide bonds. The summed E-state index contributed by atoms with van der Waals surface area (Å²) in [7, 11) is 0. The van der Waals surface area contributed by atoms with Gasteiger partial charge in [-0.25, -0.2) is 4.79 Å². The molecule has 0 spiro atoms. The molecule has 0 aromatic carbocycles. The van der Waals surface area contributed by atoms with Crippen LogP contribution in [-0.2, 0) is 12.8 Å². The number of hydrogen-bond donors (Lipinski definition) is 2. The number of carbonyl (C=O) groups is 1. The van der Waals surface area contributed by atoms with Crippen LogP contribution in [0.1, 0.15) is 48.7 Å². The highest BCUT2D eigenvalue weighted by atomic mass is 35.5. The lowest BCUT2D eigenvalue weighted by atomic mass is 9.89. The first kappa shape index (κ1) is 22.8. The zero-order chi connectivity index (χ0) is 21.5. The number of thiophene rings is 1. The van der Waals surface area contributed by atoms with Crippen LogP contribution in [0.25, 0.3) is 6.08 Å². The summed E-state index contributed by atoms with van der Waals surface area (Å²) >= 11 is 7.93. The van der Waals surface area contributed by atoms with Crippen molar-refractivity contribution >= 4 is 35.2 Å². The number of aliphatic hydroxyl groups excluding tert-OH is 1. The Morgan fingerprint density at radius 1 is 1.37 bits per heavy atom. The van der Waals surface area contributed by atoms with Crippen LogP contribution < -0.4 is 4.74 Å². The van der Waals surface area contributed by atoms with Gasteiger partial charge in [-0.3, -0.25) is 4.98 Å². The van der Waals surface area contributed by atoms with Gasteiger partial charge >= 0.3 is 6.16 Å². The third kappa shape index (κ3) is 6.30. The van der Waals surface area contributed by atoms with E-state index in [1.807, 2.05) is 18.3 Å². The number of aromatic nitrogens is 1. The van der Waals surface area contributed by atoms with E-state index in [0.717, 1.165) is 48.2 Å². The average molecular weight is 450 g/mol. The Bertz CT molecular complexity index is 868. The smallest absolute Gasteiger partial charge is 0.449 e. The van der Waals surface area contributed by atoms with Gasteiger partial charge in [-0.05, 0) is 67.9 Å². The van der Waals surface area contributed by atoms with Crippen LogP contribution in [0.2, 0.25) is 0 Å². The number of aliphatic hydroxyl groups is 1. The molecular weight excluding hydrogens is 422 g/mol. The number of ether oxygens (including phenoxy) is 1. The van der Waals surface area contributed by atoms with E-state index in [9.17, 15) is 9.90 Å². The van der Waals surface area contributed by atoms with Gasteiger partial charge in [0.2, 0.25) is 0 Å². The van der Waals surface area contributed by atoms with Crippen molar-refractivity contribution in [2.75, 3.05) is 0 Å². The van der Waals surface area contributed by atoms with Gasteiger partial charge in [0.05, 0.1) is 6.10 Å². The first-order chi connectivity index (χ1) is 14.5. The Morgan fingerprint density at radius 3 is 2.97 bits per heavy atom. The topological polar surface area (TPSA) is 79.7 Å². The third-order valence-electron chi connectivity index (χ3n) is 5.51. The molecule has 0 bridgehead atoms. The summed E-state index contributed by atoms with van der Waals surface area (Å²) in [5.74, 6) is 0.245. The minimum Gasteiger partial charge on any atom is -0.449 e. The first-order valence-corrected chi connectivity index (χ1v) is 11.7. The van der Waals surface area contributed by atoms with Crippen LogP contribution >= 0.6 is 22.9 Å². The van der Waals surface area contributed by atoms with Gasteiger partial charge < -0.3 is 14.9 Å². The maximum atomic E-state index is 10.6. The number of halogens is 1. The van der Waals surface area contributed by atoms with Crippen LogP contribution in [-0.4, -0.2) is 32.8 Å². The van der Waals surface area contributed by atoms with E-state index in [-0.39, 0.29) is 17.2 Å². The van der Waals surface area contributed by atoms with Crippen molar-refractivity contribution in [1.29, 1.82) is 0 Å². The summed E-state index contributed by atoms with van der Waals surface area (Å²) < 4.78 is 4.69. The number of hydrogen-bond acceptors (Lipinski definition) is 5. The number of pyridine rings is 1. The molecule has 3 rings (SSSR count). The predicted octanol–water partition coefficient (Wildman–Crippen LogP) is 5.79. The highest BCUT2D eigenvalue weighted by Crippen LogP contribution is 2.40. The molecule has 2 aromatic rings. The zero-order valence-electron chi connectivity index (χ0n) is 17.0. The van der Waals surface area contributed by atoms with Crippen molar-refractivity contribution in [3.63, 3.8) is 0 Å². The lowest BCUT2D eigenvalue weighted by Crippen LogP contribution is -2.18. The highest BCUT2D eigenvalue weighted by molar-refractivity contribution is 7.13. The lowest BCUT2D eigenvalue weighted by molar-refractivity contribution is 0.140. The summed E-state index contributed by atoms with van der Waals surface area (Å²) in [5, 5.41) is 19.6. The van der Waals surface area contributed by atoms with Gasteiger partial charge in [-0.1, -0.05) is 25.5 Å². The summed E-state index contributed by atoms with van der Waals surface area (Å²) in [5.41, 5.74) is 2.18. The molecule has 0 unspecified atom stereocenters. The normalized spacial score (nSPS) is 23.8. The molecular formula is C23H28ClNO4S. The molecule has 5 nitrogen and oxygen atoms in total. The number of nitrogens with zero attached hydrogens (tertiary/aromatic N) is 1. The largest absolute Gasteiger partial charge is 0.512 e. The molecule has 1 fully saturated rings. The maximum absolute atomic E-state index is 10.6. The fourth-order valence-electron chi connectivity index (χ4n) is 4.09. The third-order valence-corrected chi connectivity index (χ3v) is 7.04. The van der Waals surface area contributed by atoms with Crippen molar-refractivity contribution in [1.82, 2.24) is 4.98 Å². The van der Waals surface area contributed by atoms with Crippen LogP contribution in [0, 0.1) is 11.8 Å². The fourth-order valence-corrected chi connectivity index (χ4v) is 5.46. The Balaban J connectivity index is 1.58. The molecule has 1 saturated carbocycles. The molecule has 2 aromatic heterocycles. The molecule has 7 heteroatoms. The molecule has 1 aliphatic rings. The fraction of sp³-hybridized carbons (Fsp3) is 0.478. The van der Waals surface area contributed by atoms with E-state index >= 15 is 0 Å². The average Bonchev–Trinajstić information content (AvgIpc) is 3.24. The van der Waals surface area contributed by atoms with Crippen LogP contribution in [0.15, 0.2) is 36.5 Å². The molecule has 162 valence electrons. The van der Waals surface area contributed by atoms with E-state index in [4.69, 9.17) is 16.7 Å². The van der Waals surface area contributed by atoms with Crippen molar-refractivity contribution in [3.8, 4) is 5.06 Å². The van der Waals surface area contributed by atoms with E-state index in [1.165, 1.54) is 11.3 Å². The molecule has 2 N–H and O–H groups in total. The Morgan fingerprint density at radius 2 is 2.20 bits per heavy atom.